The van der Waals surface area contributed by atoms with Gasteiger partial charge in [0.05, 0.1) is 19.7 Å². The molecule has 1 aromatic carbocycles. The maximum atomic E-state index is 12.0. The summed E-state index contributed by atoms with van der Waals surface area (Å²) in [6.45, 7) is 2.41. The van der Waals surface area contributed by atoms with Crippen LogP contribution in [0.4, 0.5) is 0 Å². The molecule has 1 aromatic rings. The van der Waals surface area contributed by atoms with Gasteiger partial charge in [-0.2, -0.15) is 0 Å². The summed E-state index contributed by atoms with van der Waals surface area (Å²) in [5, 5.41) is 5.21. The highest BCUT2D eigenvalue weighted by molar-refractivity contribution is 5.85. The van der Waals surface area contributed by atoms with Crippen LogP contribution in [0.2, 0.25) is 0 Å². The molecule has 3 amide bonds. The van der Waals surface area contributed by atoms with Gasteiger partial charge in [-0.1, -0.05) is 12.1 Å². The van der Waals surface area contributed by atoms with Gasteiger partial charge in [0, 0.05) is 26.4 Å². The zero-order valence-corrected chi connectivity index (χ0v) is 14.0. The van der Waals surface area contributed by atoms with Crippen LogP contribution in [-0.4, -0.2) is 55.4 Å². The largest absolute Gasteiger partial charge is 0.497 e. The third-order valence-corrected chi connectivity index (χ3v) is 3.91. The summed E-state index contributed by atoms with van der Waals surface area (Å²) in [5.74, 6) is 0.306. The first-order valence-corrected chi connectivity index (χ1v) is 7.92. The number of ether oxygens (including phenoxy) is 1. The second-order valence-corrected chi connectivity index (χ2v) is 5.82. The van der Waals surface area contributed by atoms with Crippen molar-refractivity contribution in [2.24, 2.45) is 0 Å². The van der Waals surface area contributed by atoms with E-state index in [9.17, 15) is 14.4 Å². The Morgan fingerprint density at radius 3 is 2.62 bits per heavy atom. The van der Waals surface area contributed by atoms with Crippen molar-refractivity contribution >= 4 is 17.7 Å². The van der Waals surface area contributed by atoms with Crippen molar-refractivity contribution in [3.63, 3.8) is 0 Å². The van der Waals surface area contributed by atoms with Crippen molar-refractivity contribution in [3.8, 4) is 5.75 Å². The Kier molecular flexibility index (Phi) is 6.17. The molecule has 24 heavy (non-hydrogen) atoms. The maximum Gasteiger partial charge on any atom is 0.239 e. The van der Waals surface area contributed by atoms with Gasteiger partial charge in [-0.15, -0.1) is 0 Å². The van der Waals surface area contributed by atoms with Crippen LogP contribution in [0.3, 0.4) is 0 Å². The SMILES string of the molecule is COc1ccc(CCN2CC(NC(=O)CNC(C)=O)CC2=O)cc1. The zero-order valence-electron chi connectivity index (χ0n) is 14.0. The summed E-state index contributed by atoms with van der Waals surface area (Å²) < 4.78 is 5.12. The normalized spacial score (nSPS) is 16.8. The van der Waals surface area contributed by atoms with Gasteiger partial charge < -0.3 is 20.3 Å². The quantitative estimate of drug-likeness (QED) is 0.740. The highest BCUT2D eigenvalue weighted by Gasteiger charge is 2.30. The predicted molar refractivity (Wildman–Crippen MR) is 88.5 cm³/mol. The summed E-state index contributed by atoms with van der Waals surface area (Å²) in [4.78, 5) is 36.3. The number of rotatable bonds is 7. The molecule has 1 aliphatic heterocycles. The molecule has 1 fully saturated rings. The standard InChI is InChI=1S/C17H23N3O4/c1-12(21)18-10-16(22)19-14-9-17(23)20(11-14)8-7-13-3-5-15(24-2)6-4-13/h3-6,14H,7-11H2,1-2H3,(H,18,21)(H,19,22). The predicted octanol–water partition coefficient (Wildman–Crippen LogP) is 0.0909. The van der Waals surface area contributed by atoms with Crippen molar-refractivity contribution in [1.29, 1.82) is 0 Å². The molecule has 1 aliphatic rings. The number of hydrogen-bond acceptors (Lipinski definition) is 4. The van der Waals surface area contributed by atoms with E-state index in [0.29, 0.717) is 19.5 Å². The lowest BCUT2D eigenvalue weighted by atomic mass is 10.1. The van der Waals surface area contributed by atoms with E-state index < -0.39 is 0 Å². The minimum absolute atomic E-state index is 0.0355. The second kappa shape index (κ2) is 8.33. The van der Waals surface area contributed by atoms with Crippen LogP contribution in [0, 0.1) is 0 Å². The number of carbonyl (C=O) groups is 3. The van der Waals surface area contributed by atoms with E-state index in [4.69, 9.17) is 4.74 Å². The van der Waals surface area contributed by atoms with Crippen molar-refractivity contribution in [2.75, 3.05) is 26.7 Å². The average molecular weight is 333 g/mol. The Morgan fingerprint density at radius 1 is 1.29 bits per heavy atom. The van der Waals surface area contributed by atoms with E-state index in [-0.39, 0.29) is 30.3 Å². The molecule has 7 heteroatoms. The third-order valence-electron chi connectivity index (χ3n) is 3.91. The summed E-state index contributed by atoms with van der Waals surface area (Å²) in [7, 11) is 1.62. The first-order valence-electron chi connectivity index (χ1n) is 7.92. The van der Waals surface area contributed by atoms with E-state index in [1.165, 1.54) is 6.92 Å². The molecular weight excluding hydrogens is 310 g/mol. The second-order valence-electron chi connectivity index (χ2n) is 5.82. The molecule has 1 unspecified atom stereocenters. The molecule has 0 aliphatic carbocycles. The van der Waals surface area contributed by atoms with Crippen LogP contribution in [0.25, 0.3) is 0 Å². The lowest BCUT2D eigenvalue weighted by Gasteiger charge is -2.17. The van der Waals surface area contributed by atoms with Crippen LogP contribution in [0.15, 0.2) is 24.3 Å². The van der Waals surface area contributed by atoms with E-state index in [1.807, 2.05) is 24.3 Å². The number of amides is 3. The molecule has 0 spiro atoms. The molecule has 7 nitrogen and oxygen atoms in total. The Morgan fingerprint density at radius 2 is 2.00 bits per heavy atom. The molecule has 2 rings (SSSR count). The van der Waals surface area contributed by atoms with Gasteiger partial charge in [-0.3, -0.25) is 14.4 Å². The maximum absolute atomic E-state index is 12.0. The Bertz CT molecular complexity index is 600. The zero-order chi connectivity index (χ0) is 17.5. The van der Waals surface area contributed by atoms with E-state index in [1.54, 1.807) is 12.0 Å². The van der Waals surface area contributed by atoms with Gasteiger partial charge in [0.25, 0.3) is 0 Å². The topological polar surface area (TPSA) is 87.7 Å². The number of carbonyl (C=O) groups excluding carboxylic acids is 3. The molecule has 1 saturated heterocycles. The summed E-state index contributed by atoms with van der Waals surface area (Å²) in [6.07, 6.45) is 1.05. The average Bonchev–Trinajstić information content (AvgIpc) is 2.91. The van der Waals surface area contributed by atoms with Gasteiger partial charge in [-0.25, -0.2) is 0 Å². The molecule has 130 valence electrons. The van der Waals surface area contributed by atoms with Gasteiger partial charge in [0.2, 0.25) is 17.7 Å². The molecule has 0 saturated carbocycles. The van der Waals surface area contributed by atoms with Gasteiger partial charge >= 0.3 is 0 Å². The first kappa shape index (κ1) is 17.8. The molecule has 0 radical (unpaired) electrons. The lowest BCUT2D eigenvalue weighted by molar-refractivity contribution is -0.127. The van der Waals surface area contributed by atoms with Crippen molar-refractivity contribution in [1.82, 2.24) is 15.5 Å². The molecule has 0 aromatic heterocycles. The van der Waals surface area contributed by atoms with Crippen LogP contribution in [-0.2, 0) is 20.8 Å². The van der Waals surface area contributed by atoms with Crippen LogP contribution in [0.5, 0.6) is 5.75 Å². The minimum Gasteiger partial charge on any atom is -0.497 e. The molecule has 1 heterocycles. The number of methoxy groups -OCH3 is 1. The van der Waals surface area contributed by atoms with Crippen LogP contribution < -0.4 is 15.4 Å². The van der Waals surface area contributed by atoms with Gasteiger partial charge in [-0.05, 0) is 24.1 Å². The van der Waals surface area contributed by atoms with Crippen molar-refractivity contribution in [3.05, 3.63) is 29.8 Å². The van der Waals surface area contributed by atoms with E-state index in [0.717, 1.165) is 17.7 Å². The lowest BCUT2D eigenvalue weighted by Crippen LogP contribution is -2.42. The smallest absolute Gasteiger partial charge is 0.239 e. The third kappa shape index (κ3) is 5.26. The molecule has 2 N–H and O–H groups in total. The minimum atomic E-state index is -0.278. The fourth-order valence-corrected chi connectivity index (χ4v) is 2.62. The van der Waals surface area contributed by atoms with Crippen molar-refractivity contribution in [2.45, 2.75) is 25.8 Å². The first-order chi connectivity index (χ1) is 11.5. The highest BCUT2D eigenvalue weighted by atomic mass is 16.5. The summed E-state index contributed by atoms with van der Waals surface area (Å²) in [5.41, 5.74) is 1.13. The number of likely N-dealkylation sites (tertiary alicyclic amines) is 1. The Hall–Kier alpha value is -2.57. The summed E-state index contributed by atoms with van der Waals surface area (Å²) >= 11 is 0. The number of hydrogen-bond donors (Lipinski definition) is 2. The van der Waals surface area contributed by atoms with Crippen molar-refractivity contribution < 1.29 is 19.1 Å². The van der Waals surface area contributed by atoms with Crippen LogP contribution >= 0.6 is 0 Å². The number of nitrogens with zero attached hydrogens (tertiary/aromatic N) is 1. The Labute approximate surface area is 141 Å². The fraction of sp³-hybridized carbons (Fsp3) is 0.471. The monoisotopic (exact) mass is 333 g/mol. The summed E-state index contributed by atoms with van der Waals surface area (Å²) in [6, 6.07) is 7.55. The number of benzene rings is 1. The molecular formula is C17H23N3O4. The molecule has 1 atom stereocenters. The van der Waals surface area contributed by atoms with Crippen LogP contribution in [0.1, 0.15) is 18.9 Å². The highest BCUT2D eigenvalue weighted by Crippen LogP contribution is 2.15. The fourth-order valence-electron chi connectivity index (χ4n) is 2.62. The Balaban J connectivity index is 1.77. The molecule has 0 bridgehead atoms. The number of nitrogens with one attached hydrogen (secondary N) is 2. The van der Waals surface area contributed by atoms with Gasteiger partial charge in [0.1, 0.15) is 5.75 Å². The van der Waals surface area contributed by atoms with Gasteiger partial charge in [0.15, 0.2) is 0 Å². The van der Waals surface area contributed by atoms with E-state index >= 15 is 0 Å². The van der Waals surface area contributed by atoms with E-state index in [2.05, 4.69) is 10.6 Å².